The maximum atomic E-state index is 11.8. The van der Waals surface area contributed by atoms with Crippen LogP contribution in [0.2, 0.25) is 0 Å². The second-order valence-electron chi connectivity index (χ2n) is 3.86. The van der Waals surface area contributed by atoms with Crippen molar-refractivity contribution in [2.24, 2.45) is 10.9 Å². The summed E-state index contributed by atoms with van der Waals surface area (Å²) >= 11 is 0. The number of rotatable bonds is 2. The molecule has 1 aromatic rings. The summed E-state index contributed by atoms with van der Waals surface area (Å²) in [5.74, 6) is 0.141. The van der Waals surface area contributed by atoms with Crippen molar-refractivity contribution in [3.05, 3.63) is 12.4 Å². The molecule has 2 atom stereocenters. The molecule has 5 nitrogen and oxygen atoms in total. The van der Waals surface area contributed by atoms with Crippen LogP contribution >= 0.6 is 0 Å². The van der Waals surface area contributed by atoms with E-state index in [4.69, 9.17) is 4.74 Å². The predicted molar refractivity (Wildman–Crippen MR) is 59.8 cm³/mol. The van der Waals surface area contributed by atoms with Crippen molar-refractivity contribution < 1.29 is 9.53 Å². The largest absolute Gasteiger partial charge is 0.465 e. The van der Waals surface area contributed by atoms with E-state index in [9.17, 15) is 4.79 Å². The van der Waals surface area contributed by atoms with Gasteiger partial charge in [0.15, 0.2) is 0 Å². The summed E-state index contributed by atoms with van der Waals surface area (Å²) in [5.41, 5.74) is 0.768. The number of hydrogen-bond donors (Lipinski definition) is 0. The van der Waals surface area contributed by atoms with E-state index in [0.29, 0.717) is 12.6 Å². The predicted octanol–water partition coefficient (Wildman–Crippen LogP) is 1.73. The molecule has 2 rings (SSSR count). The molecule has 1 aromatic heterocycles. The van der Waals surface area contributed by atoms with Gasteiger partial charge < -0.3 is 9.30 Å². The third-order valence-electron chi connectivity index (χ3n) is 2.84. The molecule has 0 bridgehead atoms. The monoisotopic (exact) mass is 221 g/mol. The van der Waals surface area contributed by atoms with Gasteiger partial charge >= 0.3 is 5.97 Å². The van der Waals surface area contributed by atoms with E-state index in [2.05, 4.69) is 9.98 Å². The molecule has 2 unspecified atom stereocenters. The maximum absolute atomic E-state index is 11.8. The fourth-order valence-corrected chi connectivity index (χ4v) is 2.05. The lowest BCUT2D eigenvalue weighted by molar-refractivity contribution is -0.146. The maximum Gasteiger partial charge on any atom is 0.316 e. The third kappa shape index (κ3) is 1.62. The van der Waals surface area contributed by atoms with Crippen molar-refractivity contribution in [2.75, 3.05) is 6.61 Å². The highest BCUT2D eigenvalue weighted by Crippen LogP contribution is 2.30. The molecule has 2 heterocycles. The number of fused-ring (bicyclic) bond motifs is 1. The van der Waals surface area contributed by atoms with E-state index in [1.165, 1.54) is 0 Å². The highest BCUT2D eigenvalue weighted by atomic mass is 16.5. The zero-order valence-electron chi connectivity index (χ0n) is 9.67. The second kappa shape index (κ2) is 4.08. The Morgan fingerprint density at radius 3 is 3.06 bits per heavy atom. The molecule has 0 aromatic carbocycles. The number of nitrogens with zero attached hydrogens (tertiary/aromatic N) is 3. The van der Waals surface area contributed by atoms with Gasteiger partial charge in [0.25, 0.3) is 0 Å². The Kier molecular flexibility index (Phi) is 2.77. The van der Waals surface area contributed by atoms with Crippen LogP contribution in [-0.4, -0.2) is 27.8 Å². The van der Waals surface area contributed by atoms with Gasteiger partial charge in [-0.25, -0.2) is 9.98 Å². The average molecular weight is 221 g/mol. The van der Waals surface area contributed by atoms with Crippen molar-refractivity contribution in [1.29, 1.82) is 0 Å². The van der Waals surface area contributed by atoms with E-state index in [1.54, 1.807) is 13.1 Å². The van der Waals surface area contributed by atoms with Gasteiger partial charge in [-0.1, -0.05) is 0 Å². The van der Waals surface area contributed by atoms with Crippen LogP contribution in [0.1, 0.15) is 26.8 Å². The van der Waals surface area contributed by atoms with Gasteiger partial charge in [-0.2, -0.15) is 0 Å². The number of aromatic nitrogens is 2. The summed E-state index contributed by atoms with van der Waals surface area (Å²) in [5, 5.41) is 0. The van der Waals surface area contributed by atoms with Crippen LogP contribution in [0.4, 0.5) is 5.95 Å². The summed E-state index contributed by atoms with van der Waals surface area (Å²) in [4.78, 5) is 20.2. The zero-order valence-corrected chi connectivity index (χ0v) is 9.67. The third-order valence-corrected chi connectivity index (χ3v) is 2.84. The highest BCUT2D eigenvalue weighted by Gasteiger charge is 2.34. The lowest BCUT2D eigenvalue weighted by Gasteiger charge is -2.27. The van der Waals surface area contributed by atoms with E-state index in [0.717, 1.165) is 5.71 Å². The Labute approximate surface area is 94.2 Å². The number of carbonyl (C=O) groups excluding carboxylic acids is 1. The van der Waals surface area contributed by atoms with E-state index in [-0.39, 0.29) is 17.9 Å². The zero-order chi connectivity index (χ0) is 11.7. The molecular weight excluding hydrogens is 206 g/mol. The number of aliphatic imine (C=N–C) groups is 1. The highest BCUT2D eigenvalue weighted by molar-refractivity contribution is 6.02. The molecule has 1 aliphatic rings. The van der Waals surface area contributed by atoms with Gasteiger partial charge in [0.1, 0.15) is 5.92 Å². The van der Waals surface area contributed by atoms with Gasteiger partial charge in [0.2, 0.25) is 5.95 Å². The van der Waals surface area contributed by atoms with E-state index in [1.807, 2.05) is 24.6 Å². The van der Waals surface area contributed by atoms with Crippen LogP contribution in [0.3, 0.4) is 0 Å². The Bertz CT molecular complexity index is 436. The Morgan fingerprint density at radius 2 is 2.38 bits per heavy atom. The molecule has 0 saturated heterocycles. The van der Waals surface area contributed by atoms with Gasteiger partial charge in [0.05, 0.1) is 12.6 Å². The van der Waals surface area contributed by atoms with Gasteiger partial charge in [-0.3, -0.25) is 4.79 Å². The fraction of sp³-hybridized carbons (Fsp3) is 0.545. The molecule has 0 N–H and O–H groups in total. The smallest absolute Gasteiger partial charge is 0.316 e. The molecule has 16 heavy (non-hydrogen) atoms. The van der Waals surface area contributed by atoms with Crippen molar-refractivity contribution >= 4 is 17.6 Å². The second-order valence-corrected chi connectivity index (χ2v) is 3.86. The van der Waals surface area contributed by atoms with E-state index >= 15 is 0 Å². The Balaban J connectivity index is 2.33. The average Bonchev–Trinajstić information content (AvgIpc) is 2.66. The van der Waals surface area contributed by atoms with Crippen LogP contribution < -0.4 is 0 Å². The first-order valence-corrected chi connectivity index (χ1v) is 5.39. The van der Waals surface area contributed by atoms with Crippen LogP contribution in [0, 0.1) is 5.92 Å². The number of carbonyl (C=O) groups is 1. The SMILES string of the molecule is CCOC(=O)C1C(C)=Nc2nccn2C1C. The number of ether oxygens (including phenoxy) is 1. The van der Waals surface area contributed by atoms with Crippen LogP contribution in [-0.2, 0) is 9.53 Å². The molecular formula is C11H15N3O2. The molecule has 0 aliphatic carbocycles. The molecule has 0 fully saturated rings. The van der Waals surface area contributed by atoms with Crippen molar-refractivity contribution in [3.63, 3.8) is 0 Å². The molecule has 0 saturated carbocycles. The molecule has 86 valence electrons. The molecule has 0 spiro atoms. The topological polar surface area (TPSA) is 56.5 Å². The number of esters is 1. The quantitative estimate of drug-likeness (QED) is 0.714. The van der Waals surface area contributed by atoms with Crippen molar-refractivity contribution in [3.8, 4) is 0 Å². The molecule has 1 aliphatic heterocycles. The lowest BCUT2D eigenvalue weighted by atomic mass is 9.95. The first-order valence-electron chi connectivity index (χ1n) is 5.39. The normalized spacial score (nSPS) is 23.6. The minimum Gasteiger partial charge on any atom is -0.465 e. The minimum atomic E-state index is -0.304. The molecule has 5 heteroatoms. The molecule has 0 amide bonds. The lowest BCUT2D eigenvalue weighted by Crippen LogP contribution is -2.34. The number of imidazole rings is 1. The molecule has 0 radical (unpaired) electrons. The van der Waals surface area contributed by atoms with Crippen LogP contribution in [0.5, 0.6) is 0 Å². The van der Waals surface area contributed by atoms with Crippen LogP contribution in [0.15, 0.2) is 17.4 Å². The standard InChI is InChI=1S/C11H15N3O2/c1-4-16-10(15)9-7(2)13-11-12-5-6-14(11)8(9)3/h5-6,8-9H,4H2,1-3H3. The Morgan fingerprint density at radius 1 is 1.62 bits per heavy atom. The van der Waals surface area contributed by atoms with E-state index < -0.39 is 0 Å². The van der Waals surface area contributed by atoms with Crippen molar-refractivity contribution in [2.45, 2.75) is 26.8 Å². The van der Waals surface area contributed by atoms with Crippen molar-refractivity contribution in [1.82, 2.24) is 9.55 Å². The summed E-state index contributed by atoms with van der Waals surface area (Å²) < 4.78 is 6.96. The number of hydrogen-bond acceptors (Lipinski definition) is 4. The summed E-state index contributed by atoms with van der Waals surface area (Å²) in [6.45, 7) is 6.02. The fourth-order valence-electron chi connectivity index (χ4n) is 2.05. The summed E-state index contributed by atoms with van der Waals surface area (Å²) in [6.07, 6.45) is 3.53. The van der Waals surface area contributed by atoms with Gasteiger partial charge in [-0.15, -0.1) is 0 Å². The minimum absolute atomic E-state index is 0.00838. The van der Waals surface area contributed by atoms with Crippen LogP contribution in [0.25, 0.3) is 0 Å². The van der Waals surface area contributed by atoms with Gasteiger partial charge in [0, 0.05) is 18.1 Å². The Hall–Kier alpha value is -1.65. The first kappa shape index (κ1) is 10.9. The first-order chi connectivity index (χ1) is 7.65. The summed E-state index contributed by atoms with van der Waals surface area (Å²) in [6, 6.07) is 0.00838. The van der Waals surface area contributed by atoms with Gasteiger partial charge in [-0.05, 0) is 20.8 Å². The summed E-state index contributed by atoms with van der Waals surface area (Å²) in [7, 11) is 0.